The highest BCUT2D eigenvalue weighted by Gasteiger charge is 2.32. The summed E-state index contributed by atoms with van der Waals surface area (Å²) in [7, 11) is 0. The number of carboxylic acid groups (broad SMARTS) is 2. The maximum Gasteiger partial charge on any atom is 0.332 e. The van der Waals surface area contributed by atoms with Crippen LogP contribution in [0.2, 0.25) is 0 Å². The lowest BCUT2D eigenvalue weighted by Gasteiger charge is -2.12. The molecule has 1 aromatic rings. The SMILES string of the molecule is C/C=C(/C(=O)O)C(C(=O)O)c1cc(CC)oc1CC. The van der Waals surface area contributed by atoms with Gasteiger partial charge in [-0.3, -0.25) is 4.79 Å². The molecule has 0 spiro atoms. The summed E-state index contributed by atoms with van der Waals surface area (Å²) in [5.41, 5.74) is 0.285. The minimum absolute atomic E-state index is 0.148. The van der Waals surface area contributed by atoms with Crippen LogP contribution in [-0.2, 0) is 22.4 Å². The van der Waals surface area contributed by atoms with Crippen molar-refractivity contribution >= 4 is 11.9 Å². The van der Waals surface area contributed by atoms with Crippen LogP contribution in [0, 0.1) is 0 Å². The summed E-state index contributed by atoms with van der Waals surface area (Å²) in [6.45, 7) is 5.26. The zero-order chi connectivity index (χ0) is 14.6. The Balaban J connectivity index is 3.38. The highest BCUT2D eigenvalue weighted by atomic mass is 16.4. The van der Waals surface area contributed by atoms with Crippen molar-refractivity contribution in [2.24, 2.45) is 0 Å². The van der Waals surface area contributed by atoms with E-state index in [9.17, 15) is 14.7 Å². The first-order valence-corrected chi connectivity index (χ1v) is 6.19. The average molecular weight is 266 g/mol. The third-order valence-corrected chi connectivity index (χ3v) is 2.99. The van der Waals surface area contributed by atoms with Gasteiger partial charge in [0, 0.05) is 18.4 Å². The molecule has 0 saturated heterocycles. The number of hydrogen-bond acceptors (Lipinski definition) is 3. The Labute approximate surface area is 111 Å². The molecule has 0 saturated carbocycles. The standard InChI is InChI=1S/C14H18O5/c1-4-8-7-10(11(6-3)19-8)12(14(17)18)9(5-2)13(15)16/h5,7,12H,4,6H2,1-3H3,(H,15,16)(H,17,18)/b9-5+. The minimum Gasteiger partial charge on any atom is -0.481 e. The van der Waals surface area contributed by atoms with Crippen LogP contribution in [0.25, 0.3) is 0 Å². The molecule has 1 unspecified atom stereocenters. The summed E-state index contributed by atoms with van der Waals surface area (Å²) in [5.74, 6) is -2.41. The summed E-state index contributed by atoms with van der Waals surface area (Å²) < 4.78 is 5.54. The molecule has 2 N–H and O–H groups in total. The number of rotatable bonds is 6. The van der Waals surface area contributed by atoms with E-state index in [1.54, 1.807) is 6.07 Å². The zero-order valence-electron chi connectivity index (χ0n) is 11.3. The molecule has 0 radical (unpaired) electrons. The number of allylic oxidation sites excluding steroid dienone is 1. The Morgan fingerprint density at radius 3 is 2.32 bits per heavy atom. The van der Waals surface area contributed by atoms with Gasteiger partial charge in [-0.05, 0) is 13.0 Å². The number of aliphatic carboxylic acids is 2. The number of carbonyl (C=O) groups is 2. The Morgan fingerprint density at radius 2 is 1.95 bits per heavy atom. The van der Waals surface area contributed by atoms with Crippen LogP contribution < -0.4 is 0 Å². The van der Waals surface area contributed by atoms with Gasteiger partial charge in [-0.1, -0.05) is 19.9 Å². The van der Waals surface area contributed by atoms with Gasteiger partial charge in [0.2, 0.25) is 0 Å². The number of aryl methyl sites for hydroxylation is 2. The van der Waals surface area contributed by atoms with E-state index in [0.29, 0.717) is 29.9 Å². The van der Waals surface area contributed by atoms with Gasteiger partial charge in [0.05, 0.1) is 5.57 Å². The summed E-state index contributed by atoms with van der Waals surface area (Å²) in [6.07, 6.45) is 2.48. The van der Waals surface area contributed by atoms with Gasteiger partial charge >= 0.3 is 11.9 Å². The number of furan rings is 1. The van der Waals surface area contributed by atoms with Gasteiger partial charge in [0.25, 0.3) is 0 Å². The second-order valence-electron chi connectivity index (χ2n) is 4.12. The molecule has 1 atom stereocenters. The molecule has 19 heavy (non-hydrogen) atoms. The van der Waals surface area contributed by atoms with Crippen molar-refractivity contribution in [3.63, 3.8) is 0 Å². The molecule has 1 heterocycles. The lowest BCUT2D eigenvalue weighted by Crippen LogP contribution is -2.20. The molecule has 0 bridgehead atoms. The number of hydrogen-bond donors (Lipinski definition) is 2. The lowest BCUT2D eigenvalue weighted by molar-refractivity contribution is -0.141. The molecule has 5 heteroatoms. The van der Waals surface area contributed by atoms with Crippen molar-refractivity contribution in [3.05, 3.63) is 34.8 Å². The van der Waals surface area contributed by atoms with Crippen molar-refractivity contribution < 1.29 is 24.2 Å². The van der Waals surface area contributed by atoms with Crippen molar-refractivity contribution in [3.8, 4) is 0 Å². The van der Waals surface area contributed by atoms with E-state index in [1.807, 2.05) is 13.8 Å². The number of carboxylic acids is 2. The van der Waals surface area contributed by atoms with Crippen LogP contribution in [-0.4, -0.2) is 22.2 Å². The molecule has 0 aliphatic carbocycles. The van der Waals surface area contributed by atoms with Crippen molar-refractivity contribution in [2.75, 3.05) is 0 Å². The third kappa shape index (κ3) is 3.05. The first-order chi connectivity index (χ1) is 8.96. The fraction of sp³-hybridized carbons (Fsp3) is 0.429. The van der Waals surface area contributed by atoms with Gasteiger partial charge in [0.15, 0.2) is 0 Å². The summed E-state index contributed by atoms with van der Waals surface area (Å²) >= 11 is 0. The highest BCUT2D eigenvalue weighted by Crippen LogP contribution is 2.31. The molecule has 0 fully saturated rings. The van der Waals surface area contributed by atoms with Gasteiger partial charge in [-0.25, -0.2) is 4.79 Å². The largest absolute Gasteiger partial charge is 0.481 e. The Bertz CT molecular complexity index is 510. The van der Waals surface area contributed by atoms with Gasteiger partial charge in [0.1, 0.15) is 17.4 Å². The van der Waals surface area contributed by atoms with Crippen molar-refractivity contribution in [1.29, 1.82) is 0 Å². The highest BCUT2D eigenvalue weighted by molar-refractivity contribution is 5.97. The van der Waals surface area contributed by atoms with Crippen LogP contribution in [0.15, 0.2) is 22.1 Å². The predicted octanol–water partition coefficient (Wildman–Crippen LogP) is 2.60. The molecule has 1 aromatic heterocycles. The molecule has 104 valence electrons. The maximum atomic E-state index is 11.4. The van der Waals surface area contributed by atoms with Crippen LogP contribution in [0.1, 0.15) is 43.8 Å². The topological polar surface area (TPSA) is 87.7 Å². The van der Waals surface area contributed by atoms with E-state index in [0.717, 1.165) is 0 Å². The smallest absolute Gasteiger partial charge is 0.332 e. The maximum absolute atomic E-state index is 11.4. The predicted molar refractivity (Wildman–Crippen MR) is 69.2 cm³/mol. The molecular formula is C14H18O5. The zero-order valence-corrected chi connectivity index (χ0v) is 11.3. The minimum atomic E-state index is -1.23. The van der Waals surface area contributed by atoms with E-state index in [1.165, 1.54) is 13.0 Å². The monoisotopic (exact) mass is 266 g/mol. The molecule has 1 rings (SSSR count). The van der Waals surface area contributed by atoms with E-state index < -0.39 is 17.9 Å². The molecule has 5 nitrogen and oxygen atoms in total. The van der Waals surface area contributed by atoms with E-state index >= 15 is 0 Å². The molecule has 0 aliphatic rings. The summed E-state index contributed by atoms with van der Waals surface area (Å²) in [5, 5.41) is 18.5. The van der Waals surface area contributed by atoms with Crippen molar-refractivity contribution in [1.82, 2.24) is 0 Å². The Kier molecular flexibility index (Phi) is 4.92. The van der Waals surface area contributed by atoms with Crippen LogP contribution >= 0.6 is 0 Å². The fourth-order valence-corrected chi connectivity index (χ4v) is 2.04. The Morgan fingerprint density at radius 1 is 1.32 bits per heavy atom. The quantitative estimate of drug-likeness (QED) is 0.773. The third-order valence-electron chi connectivity index (χ3n) is 2.99. The fourth-order valence-electron chi connectivity index (χ4n) is 2.04. The van der Waals surface area contributed by atoms with E-state index in [-0.39, 0.29) is 5.57 Å². The van der Waals surface area contributed by atoms with Gasteiger partial charge < -0.3 is 14.6 Å². The lowest BCUT2D eigenvalue weighted by atomic mass is 9.90. The first-order valence-electron chi connectivity index (χ1n) is 6.19. The van der Waals surface area contributed by atoms with Crippen LogP contribution in [0.4, 0.5) is 0 Å². The average Bonchev–Trinajstić information content (AvgIpc) is 2.77. The molecule has 0 amide bonds. The van der Waals surface area contributed by atoms with Crippen molar-refractivity contribution in [2.45, 2.75) is 39.5 Å². The van der Waals surface area contributed by atoms with E-state index in [2.05, 4.69) is 0 Å². The van der Waals surface area contributed by atoms with Gasteiger partial charge in [-0.15, -0.1) is 0 Å². The van der Waals surface area contributed by atoms with Crippen LogP contribution in [0.3, 0.4) is 0 Å². The second kappa shape index (κ2) is 6.22. The molecule has 0 aliphatic heterocycles. The van der Waals surface area contributed by atoms with E-state index in [4.69, 9.17) is 9.52 Å². The Hall–Kier alpha value is -2.04. The first kappa shape index (κ1) is 15.0. The summed E-state index contributed by atoms with van der Waals surface area (Å²) in [6, 6.07) is 1.64. The van der Waals surface area contributed by atoms with Gasteiger partial charge in [-0.2, -0.15) is 0 Å². The molecular weight excluding hydrogens is 248 g/mol. The normalized spacial score (nSPS) is 13.3. The molecule has 0 aromatic carbocycles. The second-order valence-corrected chi connectivity index (χ2v) is 4.12. The van der Waals surface area contributed by atoms with Crippen LogP contribution in [0.5, 0.6) is 0 Å². The summed E-state index contributed by atoms with van der Waals surface area (Å²) in [4.78, 5) is 22.6.